The second-order valence-corrected chi connectivity index (χ2v) is 9.53. The molecule has 0 atom stereocenters. The molecule has 0 spiro atoms. The largest absolute Gasteiger partial charge is 0.321 e. The van der Waals surface area contributed by atoms with Crippen LogP contribution in [-0.4, -0.2) is 31.7 Å². The fraction of sp³-hybridized carbons (Fsp3) is 0.261. The molecule has 150 valence electrons. The number of amides is 1. The van der Waals surface area contributed by atoms with Gasteiger partial charge in [-0.25, -0.2) is 8.42 Å². The zero-order chi connectivity index (χ0) is 20.4. The van der Waals surface area contributed by atoms with Gasteiger partial charge in [0.1, 0.15) is 0 Å². The molecule has 1 aliphatic heterocycles. The molecule has 1 fully saturated rings. The summed E-state index contributed by atoms with van der Waals surface area (Å²) in [6.45, 7) is 3.19. The van der Waals surface area contributed by atoms with Crippen molar-refractivity contribution < 1.29 is 13.2 Å². The third-order valence-electron chi connectivity index (χ3n) is 5.51. The molecule has 1 amide bonds. The second-order valence-electron chi connectivity index (χ2n) is 7.60. The molecule has 0 aromatic heterocycles. The number of fused-ring (bicyclic) bond motifs is 1. The highest BCUT2D eigenvalue weighted by atomic mass is 32.2. The number of sulfonamides is 1. The molecule has 0 radical (unpaired) electrons. The Hall–Kier alpha value is -2.70. The van der Waals surface area contributed by atoms with E-state index < -0.39 is 10.0 Å². The summed E-state index contributed by atoms with van der Waals surface area (Å²) in [5, 5.41) is 4.89. The minimum absolute atomic E-state index is 0.164. The normalized spacial score (nSPS) is 16.0. The molecule has 3 aromatic carbocycles. The molecule has 0 unspecified atom stereocenters. The van der Waals surface area contributed by atoms with E-state index in [1.807, 2.05) is 42.5 Å². The van der Waals surface area contributed by atoms with Crippen molar-refractivity contribution in [3.8, 4) is 0 Å². The highest BCUT2D eigenvalue weighted by Crippen LogP contribution is 2.26. The van der Waals surface area contributed by atoms with Crippen LogP contribution in [-0.2, 0) is 10.0 Å². The van der Waals surface area contributed by atoms with Crippen molar-refractivity contribution in [2.24, 2.45) is 5.92 Å². The number of nitrogens with zero attached hydrogens (tertiary/aromatic N) is 1. The molecule has 1 aliphatic rings. The lowest BCUT2D eigenvalue weighted by molar-refractivity contribution is 0.102. The van der Waals surface area contributed by atoms with Gasteiger partial charge in [-0.05, 0) is 48.4 Å². The standard InChI is InChI=1S/C23H24N2O3S/c1-17-12-14-25(15-13-17)29(27,28)20-9-4-8-19(16-20)23(26)24-22-11-5-7-18-6-2-3-10-21(18)22/h2-11,16-17H,12-15H2,1H3,(H,24,26). The maximum absolute atomic E-state index is 13.0. The lowest BCUT2D eigenvalue weighted by Gasteiger charge is -2.29. The van der Waals surface area contributed by atoms with Crippen LogP contribution in [0.5, 0.6) is 0 Å². The molecule has 0 saturated carbocycles. The zero-order valence-electron chi connectivity index (χ0n) is 16.3. The van der Waals surface area contributed by atoms with Crippen LogP contribution in [0, 0.1) is 5.92 Å². The van der Waals surface area contributed by atoms with Crippen LogP contribution in [0.25, 0.3) is 10.8 Å². The minimum Gasteiger partial charge on any atom is -0.321 e. The monoisotopic (exact) mass is 408 g/mol. The van der Waals surface area contributed by atoms with Gasteiger partial charge < -0.3 is 5.32 Å². The van der Waals surface area contributed by atoms with E-state index in [4.69, 9.17) is 0 Å². The molecule has 1 N–H and O–H groups in total. The molecule has 1 heterocycles. The van der Waals surface area contributed by atoms with Crippen LogP contribution < -0.4 is 5.32 Å². The molecule has 6 heteroatoms. The SMILES string of the molecule is CC1CCN(S(=O)(=O)c2cccc(C(=O)Nc3cccc4ccccc34)c2)CC1. The summed E-state index contributed by atoms with van der Waals surface area (Å²) in [6.07, 6.45) is 1.72. The number of hydrogen-bond acceptors (Lipinski definition) is 3. The summed E-state index contributed by atoms with van der Waals surface area (Å²) < 4.78 is 27.5. The van der Waals surface area contributed by atoms with Crippen LogP contribution in [0.1, 0.15) is 30.1 Å². The zero-order valence-corrected chi connectivity index (χ0v) is 17.2. The topological polar surface area (TPSA) is 66.5 Å². The molecule has 1 saturated heterocycles. The van der Waals surface area contributed by atoms with E-state index in [1.54, 1.807) is 18.2 Å². The van der Waals surface area contributed by atoms with Gasteiger partial charge in [0.2, 0.25) is 10.0 Å². The number of rotatable bonds is 4. The van der Waals surface area contributed by atoms with Gasteiger partial charge in [0.25, 0.3) is 5.91 Å². The first-order valence-electron chi connectivity index (χ1n) is 9.84. The first-order chi connectivity index (χ1) is 13.9. The number of benzene rings is 3. The Labute approximate surface area is 171 Å². The van der Waals surface area contributed by atoms with Crippen molar-refractivity contribution >= 4 is 32.4 Å². The number of anilines is 1. The first kappa shape index (κ1) is 19.6. The molecule has 0 aliphatic carbocycles. The summed E-state index contributed by atoms with van der Waals surface area (Å²) in [6, 6.07) is 19.8. The van der Waals surface area contributed by atoms with Gasteiger partial charge >= 0.3 is 0 Å². The Morgan fingerprint density at radius 1 is 0.966 bits per heavy atom. The number of nitrogens with one attached hydrogen (secondary N) is 1. The minimum atomic E-state index is -3.60. The number of carbonyl (C=O) groups is 1. The molecule has 0 bridgehead atoms. The van der Waals surface area contributed by atoms with Crippen LogP contribution in [0.4, 0.5) is 5.69 Å². The number of hydrogen-bond donors (Lipinski definition) is 1. The van der Waals surface area contributed by atoms with Crippen molar-refractivity contribution in [2.45, 2.75) is 24.7 Å². The summed E-state index contributed by atoms with van der Waals surface area (Å²) in [4.78, 5) is 13.0. The molecule has 29 heavy (non-hydrogen) atoms. The van der Waals surface area contributed by atoms with Gasteiger partial charge in [0, 0.05) is 29.7 Å². The Morgan fingerprint density at radius 2 is 1.66 bits per heavy atom. The number of carbonyl (C=O) groups excluding carboxylic acids is 1. The van der Waals surface area contributed by atoms with Crippen molar-refractivity contribution in [3.63, 3.8) is 0 Å². The predicted octanol–water partition coefficient (Wildman–Crippen LogP) is 4.51. The Morgan fingerprint density at radius 3 is 2.45 bits per heavy atom. The summed E-state index contributed by atoms with van der Waals surface area (Å²) in [5.41, 5.74) is 1.02. The average Bonchev–Trinajstić information content (AvgIpc) is 2.74. The lowest BCUT2D eigenvalue weighted by Crippen LogP contribution is -2.37. The fourth-order valence-corrected chi connectivity index (χ4v) is 5.22. The third-order valence-corrected chi connectivity index (χ3v) is 7.41. The maximum atomic E-state index is 13.0. The van der Waals surface area contributed by atoms with Gasteiger partial charge in [0.15, 0.2) is 0 Å². The summed E-state index contributed by atoms with van der Waals surface area (Å²) in [7, 11) is -3.60. The molecule has 3 aromatic rings. The van der Waals surface area contributed by atoms with Crippen LogP contribution in [0.3, 0.4) is 0 Å². The van der Waals surface area contributed by atoms with Crippen molar-refractivity contribution in [1.29, 1.82) is 0 Å². The first-order valence-corrected chi connectivity index (χ1v) is 11.3. The lowest BCUT2D eigenvalue weighted by atomic mass is 10.0. The predicted molar refractivity (Wildman–Crippen MR) is 116 cm³/mol. The van der Waals surface area contributed by atoms with Gasteiger partial charge in [-0.3, -0.25) is 4.79 Å². The summed E-state index contributed by atoms with van der Waals surface area (Å²) >= 11 is 0. The second kappa shape index (κ2) is 7.97. The maximum Gasteiger partial charge on any atom is 0.255 e. The van der Waals surface area contributed by atoms with E-state index in [9.17, 15) is 13.2 Å². The van der Waals surface area contributed by atoms with Gasteiger partial charge in [-0.1, -0.05) is 49.4 Å². The van der Waals surface area contributed by atoms with Gasteiger partial charge in [-0.15, -0.1) is 0 Å². The van der Waals surface area contributed by atoms with Gasteiger partial charge in [-0.2, -0.15) is 4.31 Å². The Kier molecular flexibility index (Phi) is 5.39. The van der Waals surface area contributed by atoms with E-state index in [1.165, 1.54) is 10.4 Å². The third kappa shape index (κ3) is 4.04. The van der Waals surface area contributed by atoms with Crippen LogP contribution >= 0.6 is 0 Å². The van der Waals surface area contributed by atoms with Crippen LogP contribution in [0.2, 0.25) is 0 Å². The highest BCUT2D eigenvalue weighted by Gasteiger charge is 2.28. The van der Waals surface area contributed by atoms with Gasteiger partial charge in [0.05, 0.1) is 4.90 Å². The van der Waals surface area contributed by atoms with Crippen LogP contribution in [0.15, 0.2) is 71.6 Å². The molecular formula is C23H24N2O3S. The highest BCUT2D eigenvalue weighted by molar-refractivity contribution is 7.89. The van der Waals surface area contributed by atoms with E-state index >= 15 is 0 Å². The average molecular weight is 409 g/mol. The Bertz CT molecular complexity index is 1140. The van der Waals surface area contributed by atoms with E-state index in [-0.39, 0.29) is 10.8 Å². The summed E-state index contributed by atoms with van der Waals surface area (Å²) in [5.74, 6) is 0.213. The Balaban J connectivity index is 1.59. The smallest absolute Gasteiger partial charge is 0.255 e. The van der Waals surface area contributed by atoms with E-state index in [0.717, 1.165) is 23.6 Å². The van der Waals surface area contributed by atoms with Crippen molar-refractivity contribution in [2.75, 3.05) is 18.4 Å². The van der Waals surface area contributed by atoms with Crippen molar-refractivity contribution in [1.82, 2.24) is 4.31 Å². The van der Waals surface area contributed by atoms with Crippen molar-refractivity contribution in [3.05, 3.63) is 72.3 Å². The fourth-order valence-electron chi connectivity index (χ4n) is 3.70. The molecule has 5 nitrogen and oxygen atoms in total. The number of piperidine rings is 1. The molecule has 4 rings (SSSR count). The van der Waals surface area contributed by atoms with E-state index in [0.29, 0.717) is 30.3 Å². The molecular weight excluding hydrogens is 384 g/mol. The quantitative estimate of drug-likeness (QED) is 0.691. The van der Waals surface area contributed by atoms with E-state index in [2.05, 4.69) is 12.2 Å².